The van der Waals surface area contributed by atoms with Gasteiger partial charge < -0.3 is 15.4 Å². The molecule has 1 unspecified atom stereocenters. The summed E-state index contributed by atoms with van der Waals surface area (Å²) in [7, 11) is 0. The van der Waals surface area contributed by atoms with Crippen LogP contribution in [0, 0.1) is 5.82 Å². The summed E-state index contributed by atoms with van der Waals surface area (Å²) >= 11 is 0. The van der Waals surface area contributed by atoms with Gasteiger partial charge in [-0.3, -0.25) is 9.59 Å². The average Bonchev–Trinajstić information content (AvgIpc) is 3.03. The molecule has 0 saturated carbocycles. The van der Waals surface area contributed by atoms with E-state index in [1.807, 2.05) is 6.07 Å². The van der Waals surface area contributed by atoms with Gasteiger partial charge in [0.05, 0.1) is 12.5 Å². The number of carboxylic acid groups (broad SMARTS) is 1. The highest BCUT2D eigenvalue weighted by molar-refractivity contribution is 6.06. The number of H-pyrrole nitrogens is 1. The molecule has 3 N–H and O–H groups in total. The quantitative estimate of drug-likeness (QED) is 0.673. The van der Waals surface area contributed by atoms with E-state index >= 15 is 0 Å². The number of hydrogen-bond acceptors (Lipinski definition) is 2. The number of carbonyl (C=O) groups is 2. The number of carbonyl (C=O) groups excluding carboxylic acids is 1. The summed E-state index contributed by atoms with van der Waals surface area (Å²) in [6, 6.07) is 11.7. The van der Waals surface area contributed by atoms with Crippen LogP contribution in [0.1, 0.15) is 28.4 Å². The molecule has 1 amide bonds. The van der Waals surface area contributed by atoms with Crippen LogP contribution in [-0.2, 0) is 4.79 Å². The monoisotopic (exact) mass is 326 g/mol. The van der Waals surface area contributed by atoms with Gasteiger partial charge in [0.2, 0.25) is 0 Å². The van der Waals surface area contributed by atoms with Gasteiger partial charge in [-0.25, -0.2) is 4.39 Å². The largest absolute Gasteiger partial charge is 0.481 e. The maximum absolute atomic E-state index is 13.1. The van der Waals surface area contributed by atoms with E-state index in [4.69, 9.17) is 5.11 Å². The Morgan fingerprint density at radius 3 is 2.58 bits per heavy atom. The third-order valence-corrected chi connectivity index (χ3v) is 3.80. The Hall–Kier alpha value is -3.15. The molecule has 3 aromatic rings. The van der Waals surface area contributed by atoms with Gasteiger partial charge in [0.25, 0.3) is 5.91 Å². The van der Waals surface area contributed by atoms with Crippen LogP contribution < -0.4 is 5.32 Å². The third kappa shape index (κ3) is 3.27. The number of aromatic amines is 1. The Bertz CT molecular complexity index is 887. The number of amides is 1. The van der Waals surface area contributed by atoms with Crippen molar-refractivity contribution in [2.45, 2.75) is 12.5 Å². The Kier molecular flexibility index (Phi) is 4.29. The lowest BCUT2D eigenvalue weighted by molar-refractivity contribution is -0.137. The highest BCUT2D eigenvalue weighted by Crippen LogP contribution is 2.21. The van der Waals surface area contributed by atoms with Crippen LogP contribution in [0.15, 0.2) is 54.7 Å². The molecule has 3 rings (SSSR count). The molecule has 0 saturated heterocycles. The van der Waals surface area contributed by atoms with E-state index in [9.17, 15) is 14.0 Å². The minimum Gasteiger partial charge on any atom is -0.481 e. The lowest BCUT2D eigenvalue weighted by atomic mass is 10.0. The van der Waals surface area contributed by atoms with Crippen molar-refractivity contribution in [2.24, 2.45) is 0 Å². The number of hydrogen-bond donors (Lipinski definition) is 3. The fraction of sp³-hybridized carbons (Fsp3) is 0.111. The van der Waals surface area contributed by atoms with Crippen LogP contribution in [0.4, 0.5) is 4.39 Å². The summed E-state index contributed by atoms with van der Waals surface area (Å²) in [4.78, 5) is 26.7. The van der Waals surface area contributed by atoms with Crippen molar-refractivity contribution < 1.29 is 19.1 Å². The van der Waals surface area contributed by atoms with Gasteiger partial charge in [-0.1, -0.05) is 18.2 Å². The molecule has 0 bridgehead atoms. The minimum absolute atomic E-state index is 0.291. The molecule has 1 heterocycles. The fourth-order valence-electron chi connectivity index (χ4n) is 2.64. The topological polar surface area (TPSA) is 82.2 Å². The van der Waals surface area contributed by atoms with Gasteiger partial charge in [0.1, 0.15) is 5.82 Å². The zero-order chi connectivity index (χ0) is 17.1. The number of nitrogens with one attached hydrogen (secondary N) is 2. The normalized spacial score (nSPS) is 12.0. The van der Waals surface area contributed by atoms with Crippen LogP contribution in [0.3, 0.4) is 0 Å². The molecule has 0 radical (unpaired) electrons. The predicted octanol–water partition coefficient (Wildman–Crippen LogP) is 3.25. The van der Waals surface area contributed by atoms with Crippen LogP contribution >= 0.6 is 0 Å². The molecule has 0 aliphatic rings. The predicted molar refractivity (Wildman–Crippen MR) is 87.2 cm³/mol. The first kappa shape index (κ1) is 15.7. The first-order chi connectivity index (χ1) is 11.5. The van der Waals surface area contributed by atoms with E-state index in [1.54, 1.807) is 24.4 Å². The van der Waals surface area contributed by atoms with E-state index in [0.29, 0.717) is 11.1 Å². The summed E-state index contributed by atoms with van der Waals surface area (Å²) in [5.41, 5.74) is 1.80. The molecule has 2 aromatic carbocycles. The molecular formula is C18H15FN2O3. The lowest BCUT2D eigenvalue weighted by Gasteiger charge is -2.18. The van der Waals surface area contributed by atoms with Crippen LogP contribution in [-0.4, -0.2) is 22.0 Å². The smallest absolute Gasteiger partial charge is 0.305 e. The molecular weight excluding hydrogens is 311 g/mol. The van der Waals surface area contributed by atoms with E-state index in [2.05, 4.69) is 10.3 Å². The zero-order valence-electron chi connectivity index (χ0n) is 12.6. The second-order valence-corrected chi connectivity index (χ2v) is 5.42. The maximum Gasteiger partial charge on any atom is 0.305 e. The maximum atomic E-state index is 13.1. The number of benzene rings is 2. The fourth-order valence-corrected chi connectivity index (χ4v) is 2.64. The summed E-state index contributed by atoms with van der Waals surface area (Å²) in [6.45, 7) is 0. The van der Waals surface area contributed by atoms with E-state index in [0.717, 1.165) is 10.9 Å². The second-order valence-electron chi connectivity index (χ2n) is 5.42. The van der Waals surface area contributed by atoms with Gasteiger partial charge >= 0.3 is 5.97 Å². The number of aromatic nitrogens is 1. The van der Waals surface area contributed by atoms with Crippen LogP contribution in [0.5, 0.6) is 0 Å². The Morgan fingerprint density at radius 1 is 1.12 bits per heavy atom. The Balaban J connectivity index is 1.89. The van der Waals surface area contributed by atoms with Crippen molar-refractivity contribution in [1.29, 1.82) is 0 Å². The highest BCUT2D eigenvalue weighted by atomic mass is 19.1. The van der Waals surface area contributed by atoms with E-state index in [1.165, 1.54) is 24.3 Å². The lowest BCUT2D eigenvalue weighted by Crippen LogP contribution is -2.30. The molecule has 0 fully saturated rings. The van der Waals surface area contributed by atoms with Crippen molar-refractivity contribution in [3.63, 3.8) is 0 Å². The van der Waals surface area contributed by atoms with Crippen molar-refractivity contribution in [3.8, 4) is 0 Å². The SMILES string of the molecule is O=C(O)CC(NC(=O)c1cccc2[nH]ccc12)c1ccc(F)cc1. The van der Waals surface area contributed by atoms with Gasteiger partial charge in [0.15, 0.2) is 0 Å². The zero-order valence-corrected chi connectivity index (χ0v) is 12.6. The van der Waals surface area contributed by atoms with Crippen molar-refractivity contribution >= 4 is 22.8 Å². The molecule has 1 atom stereocenters. The average molecular weight is 326 g/mol. The van der Waals surface area contributed by atoms with Gasteiger partial charge in [-0.15, -0.1) is 0 Å². The number of rotatable bonds is 5. The van der Waals surface area contributed by atoms with Gasteiger partial charge in [0, 0.05) is 22.7 Å². The first-order valence-corrected chi connectivity index (χ1v) is 7.39. The molecule has 122 valence electrons. The Labute approximate surface area is 137 Å². The highest BCUT2D eigenvalue weighted by Gasteiger charge is 2.20. The van der Waals surface area contributed by atoms with Gasteiger partial charge in [-0.05, 0) is 35.9 Å². The standard InChI is InChI=1S/C18H15FN2O3/c19-12-6-4-11(5-7-12)16(10-17(22)23)21-18(24)14-2-1-3-15-13(14)8-9-20-15/h1-9,16,20H,10H2,(H,21,24)(H,22,23). The number of fused-ring (bicyclic) bond motifs is 1. The van der Waals surface area contributed by atoms with Gasteiger partial charge in [-0.2, -0.15) is 0 Å². The number of halogens is 1. The number of aliphatic carboxylic acids is 1. The third-order valence-electron chi connectivity index (χ3n) is 3.80. The molecule has 6 heteroatoms. The summed E-state index contributed by atoms with van der Waals surface area (Å²) in [5, 5.41) is 12.6. The minimum atomic E-state index is -1.05. The van der Waals surface area contributed by atoms with Crippen LogP contribution in [0.25, 0.3) is 10.9 Å². The summed E-state index contributed by atoms with van der Waals surface area (Å²) in [6.07, 6.45) is 1.44. The molecule has 0 aliphatic carbocycles. The van der Waals surface area contributed by atoms with E-state index in [-0.39, 0.29) is 12.3 Å². The summed E-state index contributed by atoms with van der Waals surface area (Å²) in [5.74, 6) is -1.85. The number of carboxylic acids is 1. The molecule has 1 aromatic heterocycles. The Morgan fingerprint density at radius 2 is 1.88 bits per heavy atom. The van der Waals surface area contributed by atoms with Crippen molar-refractivity contribution in [1.82, 2.24) is 10.3 Å². The van der Waals surface area contributed by atoms with E-state index < -0.39 is 17.8 Å². The molecule has 0 spiro atoms. The molecule has 24 heavy (non-hydrogen) atoms. The van der Waals surface area contributed by atoms with Crippen molar-refractivity contribution in [2.75, 3.05) is 0 Å². The molecule has 5 nitrogen and oxygen atoms in total. The molecule has 0 aliphatic heterocycles. The first-order valence-electron chi connectivity index (χ1n) is 7.39. The summed E-state index contributed by atoms with van der Waals surface area (Å²) < 4.78 is 13.1. The second kappa shape index (κ2) is 6.54. The van der Waals surface area contributed by atoms with Crippen LogP contribution in [0.2, 0.25) is 0 Å². The van der Waals surface area contributed by atoms with Crippen molar-refractivity contribution in [3.05, 3.63) is 71.7 Å².